The van der Waals surface area contributed by atoms with Gasteiger partial charge in [0.15, 0.2) is 11.5 Å². The van der Waals surface area contributed by atoms with Gasteiger partial charge in [-0.15, -0.1) is 0 Å². The summed E-state index contributed by atoms with van der Waals surface area (Å²) in [6.45, 7) is -1.71. The summed E-state index contributed by atoms with van der Waals surface area (Å²) in [6.07, 6.45) is -4.18. The van der Waals surface area contributed by atoms with E-state index in [-0.39, 0.29) is 36.8 Å². The van der Waals surface area contributed by atoms with Gasteiger partial charge in [0.2, 0.25) is 0 Å². The van der Waals surface area contributed by atoms with Gasteiger partial charge in [-0.3, -0.25) is 19.1 Å². The molecule has 16 heteroatoms. The fourth-order valence-corrected chi connectivity index (χ4v) is 5.85. The van der Waals surface area contributed by atoms with Gasteiger partial charge in [0.05, 0.1) is 51.4 Å². The van der Waals surface area contributed by atoms with Crippen molar-refractivity contribution in [1.82, 2.24) is 14.7 Å². The maximum atomic E-state index is 14.4. The molecule has 0 bridgehead atoms. The highest BCUT2D eigenvalue weighted by Gasteiger charge is 2.43. The largest absolute Gasteiger partial charge is 0.481 e. The molecule has 0 radical (unpaired) electrons. The molecule has 2 aromatic carbocycles. The number of aliphatic carboxylic acids is 1. The Kier molecular flexibility index (Phi) is 9.64. The zero-order valence-corrected chi connectivity index (χ0v) is 23.9. The van der Waals surface area contributed by atoms with E-state index in [1.807, 2.05) is 0 Å². The number of carboxylic acid groups (broad SMARTS) is 2. The predicted octanol–water partition coefficient (Wildman–Crippen LogP) is 6.53. The lowest BCUT2D eigenvalue weighted by Gasteiger charge is -2.28. The standard InChI is InChI=1S/C28H22Cl2F5N3O6/c29-20-7-15(27(43)44)8-21(30)23(20)22(39)12-37(11-13-5-16(31)9-17(32)6-13)25(40)19-10-36-38(24(19)28(33,34)35)18-3-1-14(2-4-18)26(41)42/h5-10,14,18H,1-4,11-12H2,(H,41,42)(H,43,44). The number of aromatic carboxylic acids is 1. The van der Waals surface area contributed by atoms with Crippen molar-refractivity contribution in [2.75, 3.05) is 6.54 Å². The molecule has 0 unspecified atom stereocenters. The first-order valence-corrected chi connectivity index (χ1v) is 13.7. The van der Waals surface area contributed by atoms with E-state index >= 15 is 0 Å². The summed E-state index contributed by atoms with van der Waals surface area (Å²) in [4.78, 5) is 50.2. The van der Waals surface area contributed by atoms with Crippen molar-refractivity contribution in [2.45, 2.75) is 44.4 Å². The van der Waals surface area contributed by atoms with Crippen molar-refractivity contribution in [3.63, 3.8) is 0 Å². The molecular formula is C28H22Cl2F5N3O6. The number of carboxylic acids is 2. The number of carbonyl (C=O) groups is 4. The van der Waals surface area contributed by atoms with Crippen LogP contribution in [0, 0.1) is 17.6 Å². The molecular weight excluding hydrogens is 640 g/mol. The van der Waals surface area contributed by atoms with Crippen molar-refractivity contribution in [2.24, 2.45) is 5.92 Å². The van der Waals surface area contributed by atoms with Crippen LogP contribution in [0.25, 0.3) is 0 Å². The van der Waals surface area contributed by atoms with Gasteiger partial charge in [-0.1, -0.05) is 23.2 Å². The molecule has 234 valence electrons. The molecule has 0 aliphatic heterocycles. The Morgan fingerprint density at radius 1 is 0.932 bits per heavy atom. The van der Waals surface area contributed by atoms with Crippen LogP contribution in [0.4, 0.5) is 22.0 Å². The van der Waals surface area contributed by atoms with Crippen molar-refractivity contribution < 1.29 is 51.3 Å². The van der Waals surface area contributed by atoms with Crippen molar-refractivity contribution in [1.29, 1.82) is 0 Å². The summed E-state index contributed by atoms with van der Waals surface area (Å²) in [6, 6.07) is 3.15. The van der Waals surface area contributed by atoms with Crippen LogP contribution < -0.4 is 0 Å². The summed E-state index contributed by atoms with van der Waals surface area (Å²) < 4.78 is 71.8. The Balaban J connectivity index is 1.74. The van der Waals surface area contributed by atoms with Gasteiger partial charge in [-0.05, 0) is 55.5 Å². The van der Waals surface area contributed by atoms with E-state index in [1.54, 1.807) is 0 Å². The summed E-state index contributed by atoms with van der Waals surface area (Å²) >= 11 is 12.2. The fraction of sp³-hybridized carbons (Fsp3) is 0.321. The Bertz CT molecular complexity index is 1590. The lowest BCUT2D eigenvalue weighted by Crippen LogP contribution is -2.37. The summed E-state index contributed by atoms with van der Waals surface area (Å²) in [5.74, 6) is -7.67. The summed E-state index contributed by atoms with van der Waals surface area (Å²) in [5.41, 5.74) is -3.38. The second kappa shape index (κ2) is 12.9. The van der Waals surface area contributed by atoms with Crippen molar-refractivity contribution in [3.8, 4) is 0 Å². The Hall–Kier alpha value is -4.04. The molecule has 1 amide bonds. The van der Waals surface area contributed by atoms with Gasteiger partial charge >= 0.3 is 18.1 Å². The molecule has 0 atom stereocenters. The Morgan fingerprint density at radius 3 is 2.00 bits per heavy atom. The highest BCUT2D eigenvalue weighted by molar-refractivity contribution is 6.40. The highest BCUT2D eigenvalue weighted by atomic mass is 35.5. The van der Waals surface area contributed by atoms with Gasteiger partial charge in [0, 0.05) is 12.6 Å². The van der Waals surface area contributed by atoms with Gasteiger partial charge in [0.1, 0.15) is 11.6 Å². The molecule has 1 fully saturated rings. The van der Waals surface area contributed by atoms with Crippen LogP contribution in [0.2, 0.25) is 10.0 Å². The van der Waals surface area contributed by atoms with Crippen LogP contribution >= 0.6 is 23.2 Å². The molecule has 3 aromatic rings. The maximum Gasteiger partial charge on any atom is 0.433 e. The number of nitrogens with zero attached hydrogens (tertiary/aromatic N) is 3. The van der Waals surface area contributed by atoms with E-state index in [2.05, 4.69) is 5.10 Å². The number of amides is 1. The number of carbonyl (C=O) groups excluding carboxylic acids is 2. The highest BCUT2D eigenvalue weighted by Crippen LogP contribution is 2.39. The number of aromatic nitrogens is 2. The van der Waals surface area contributed by atoms with E-state index in [9.17, 15) is 51.3 Å². The second-order valence-corrected chi connectivity index (χ2v) is 11.0. The van der Waals surface area contributed by atoms with E-state index in [0.717, 1.165) is 24.3 Å². The molecule has 1 aliphatic carbocycles. The van der Waals surface area contributed by atoms with E-state index in [1.165, 1.54) is 0 Å². The molecule has 9 nitrogen and oxygen atoms in total. The molecule has 1 heterocycles. The summed E-state index contributed by atoms with van der Waals surface area (Å²) in [5, 5.41) is 21.4. The topological polar surface area (TPSA) is 130 Å². The molecule has 0 saturated heterocycles. The minimum atomic E-state index is -5.12. The lowest BCUT2D eigenvalue weighted by molar-refractivity contribution is -0.147. The minimum Gasteiger partial charge on any atom is -0.481 e. The van der Waals surface area contributed by atoms with E-state index in [0.29, 0.717) is 21.8 Å². The smallest absolute Gasteiger partial charge is 0.433 e. The number of Topliss-reactive ketones (excluding diaryl/α,β-unsaturated/α-hetero) is 1. The third-order valence-corrected chi connectivity index (χ3v) is 7.77. The zero-order valence-electron chi connectivity index (χ0n) is 22.4. The lowest BCUT2D eigenvalue weighted by atomic mass is 9.86. The minimum absolute atomic E-state index is 0.0451. The molecule has 1 aromatic heterocycles. The number of ketones is 1. The zero-order chi connectivity index (χ0) is 32.5. The van der Waals surface area contributed by atoms with Crippen LogP contribution in [0.1, 0.15) is 74.1 Å². The third-order valence-electron chi connectivity index (χ3n) is 7.17. The van der Waals surface area contributed by atoms with Crippen molar-refractivity contribution >= 4 is 46.8 Å². The van der Waals surface area contributed by atoms with Gasteiger partial charge < -0.3 is 15.1 Å². The number of rotatable bonds is 9. The fourth-order valence-electron chi connectivity index (χ4n) is 5.15. The predicted molar refractivity (Wildman–Crippen MR) is 145 cm³/mol. The molecule has 1 saturated carbocycles. The second-order valence-electron chi connectivity index (χ2n) is 10.2. The van der Waals surface area contributed by atoms with E-state index < -0.39 is 93.4 Å². The number of benzene rings is 2. The van der Waals surface area contributed by atoms with E-state index in [4.69, 9.17) is 23.2 Å². The number of hydrogen-bond donors (Lipinski definition) is 2. The first-order valence-electron chi connectivity index (χ1n) is 12.9. The molecule has 2 N–H and O–H groups in total. The molecule has 4 rings (SSSR count). The number of halogens is 7. The maximum absolute atomic E-state index is 14.4. The van der Waals surface area contributed by atoms with Crippen LogP contribution in [0.15, 0.2) is 36.5 Å². The average Bonchev–Trinajstić information content (AvgIpc) is 3.37. The van der Waals surface area contributed by atoms with Crippen LogP contribution in [0.5, 0.6) is 0 Å². The molecule has 0 spiro atoms. The third kappa shape index (κ3) is 7.18. The van der Waals surface area contributed by atoms with Crippen LogP contribution in [-0.4, -0.2) is 55.1 Å². The Morgan fingerprint density at radius 2 is 1.50 bits per heavy atom. The molecule has 44 heavy (non-hydrogen) atoms. The van der Waals surface area contributed by atoms with Crippen LogP contribution in [-0.2, 0) is 17.5 Å². The monoisotopic (exact) mass is 661 g/mol. The van der Waals surface area contributed by atoms with Gasteiger partial charge in [-0.25, -0.2) is 13.6 Å². The average molecular weight is 662 g/mol. The number of hydrogen-bond acceptors (Lipinski definition) is 5. The first kappa shape index (κ1) is 32.9. The first-order chi connectivity index (χ1) is 20.6. The van der Waals surface area contributed by atoms with Gasteiger partial charge in [0.25, 0.3) is 5.91 Å². The quantitative estimate of drug-likeness (QED) is 0.197. The van der Waals surface area contributed by atoms with Crippen molar-refractivity contribution in [3.05, 3.63) is 86.2 Å². The summed E-state index contributed by atoms with van der Waals surface area (Å²) in [7, 11) is 0. The number of alkyl halides is 3. The normalized spacial score (nSPS) is 16.9. The molecule has 1 aliphatic rings. The SMILES string of the molecule is O=C(O)c1cc(Cl)c(C(=O)CN(Cc2cc(F)cc(F)c2)C(=O)c2cnn(C3CCC(C(=O)O)CC3)c2C(F)(F)F)c(Cl)c1. The van der Waals surface area contributed by atoms with Crippen LogP contribution in [0.3, 0.4) is 0 Å². The van der Waals surface area contributed by atoms with Gasteiger partial charge in [-0.2, -0.15) is 18.3 Å². The Labute approximate surface area is 255 Å².